The Morgan fingerprint density at radius 2 is 2.04 bits per heavy atom. The number of aliphatic carboxylic acids is 1. The Hall–Kier alpha value is -2.25. The third-order valence-electron chi connectivity index (χ3n) is 3.85. The van der Waals surface area contributed by atoms with Crippen LogP contribution >= 0.6 is 0 Å². The van der Waals surface area contributed by atoms with Crippen LogP contribution in [0.1, 0.15) is 25.7 Å². The average Bonchev–Trinajstić information content (AvgIpc) is 2.42. The van der Waals surface area contributed by atoms with E-state index in [9.17, 15) is 27.9 Å². The quantitative estimate of drug-likeness (QED) is 0.805. The molecule has 0 aromatic heterocycles. The van der Waals surface area contributed by atoms with E-state index in [4.69, 9.17) is 4.74 Å². The summed E-state index contributed by atoms with van der Waals surface area (Å²) in [5, 5.41) is 11.6. The van der Waals surface area contributed by atoms with Gasteiger partial charge >= 0.3 is 5.97 Å². The highest BCUT2D eigenvalue weighted by molar-refractivity contribution is 5.95. The van der Waals surface area contributed by atoms with Gasteiger partial charge in [-0.1, -0.05) is 6.42 Å². The van der Waals surface area contributed by atoms with Gasteiger partial charge in [-0.05, 0) is 25.0 Å². The molecular formula is C15H16F3NO4. The Balaban J connectivity index is 2.06. The minimum atomic E-state index is -2.74. The number of hydrogen-bond acceptors (Lipinski definition) is 3. The summed E-state index contributed by atoms with van der Waals surface area (Å²) in [6.07, 6.45) is -1.42. The van der Waals surface area contributed by atoms with Gasteiger partial charge in [-0.2, -0.15) is 0 Å². The molecule has 0 unspecified atom stereocenters. The second-order valence-electron chi connectivity index (χ2n) is 5.51. The molecule has 8 heteroatoms. The summed E-state index contributed by atoms with van der Waals surface area (Å²) >= 11 is 0. The first-order valence-corrected chi connectivity index (χ1v) is 7.06. The van der Waals surface area contributed by atoms with E-state index >= 15 is 0 Å². The van der Waals surface area contributed by atoms with Crippen molar-refractivity contribution in [2.45, 2.75) is 32.1 Å². The van der Waals surface area contributed by atoms with E-state index in [0.717, 1.165) is 18.6 Å². The van der Waals surface area contributed by atoms with E-state index < -0.39 is 36.1 Å². The minimum absolute atomic E-state index is 0.0249. The second-order valence-corrected chi connectivity index (χ2v) is 5.51. The summed E-state index contributed by atoms with van der Waals surface area (Å²) in [5.74, 6) is -2.54. The van der Waals surface area contributed by atoms with Gasteiger partial charge in [-0.3, -0.25) is 9.59 Å². The number of hydrogen-bond donors (Lipinski definition) is 2. The lowest BCUT2D eigenvalue weighted by molar-refractivity contribution is -0.157. The third-order valence-corrected chi connectivity index (χ3v) is 3.85. The predicted molar refractivity (Wildman–Crippen MR) is 75.1 cm³/mol. The second kappa shape index (κ2) is 6.89. The van der Waals surface area contributed by atoms with Gasteiger partial charge < -0.3 is 15.2 Å². The number of carbonyl (C=O) groups excluding carboxylic acids is 1. The van der Waals surface area contributed by atoms with E-state index in [1.165, 1.54) is 6.07 Å². The molecule has 1 fully saturated rings. The Kier molecular flexibility index (Phi) is 5.12. The van der Waals surface area contributed by atoms with Gasteiger partial charge in [0.05, 0.1) is 11.1 Å². The Morgan fingerprint density at radius 3 is 2.57 bits per heavy atom. The molecule has 1 saturated carbocycles. The van der Waals surface area contributed by atoms with Crippen LogP contribution in [0.4, 0.5) is 18.9 Å². The van der Waals surface area contributed by atoms with Crippen LogP contribution in [0.2, 0.25) is 0 Å². The molecule has 2 N–H and O–H groups in total. The van der Waals surface area contributed by atoms with Crippen molar-refractivity contribution in [3.63, 3.8) is 0 Å². The molecule has 1 aliphatic carbocycles. The van der Waals surface area contributed by atoms with Crippen LogP contribution in [0, 0.1) is 11.2 Å². The molecule has 2 rings (SSSR count). The predicted octanol–water partition coefficient (Wildman–Crippen LogP) is 3.05. The molecule has 0 spiro atoms. The highest BCUT2D eigenvalue weighted by Crippen LogP contribution is 2.44. The zero-order valence-corrected chi connectivity index (χ0v) is 12.2. The molecule has 5 nitrogen and oxygen atoms in total. The fourth-order valence-corrected chi connectivity index (χ4v) is 2.44. The fraction of sp³-hybridized carbons (Fsp3) is 0.467. The van der Waals surface area contributed by atoms with Crippen molar-refractivity contribution in [2.75, 3.05) is 11.9 Å². The molecule has 1 aromatic rings. The molecule has 126 valence electrons. The number of halogens is 3. The fourth-order valence-electron chi connectivity index (χ4n) is 2.44. The Labute approximate surface area is 130 Å². The molecule has 0 aliphatic heterocycles. The Bertz CT molecular complexity index is 602. The van der Waals surface area contributed by atoms with Crippen molar-refractivity contribution < 1.29 is 32.6 Å². The highest BCUT2D eigenvalue weighted by atomic mass is 19.3. The molecule has 1 aliphatic rings. The van der Waals surface area contributed by atoms with Crippen molar-refractivity contribution >= 4 is 17.6 Å². The highest BCUT2D eigenvalue weighted by Gasteiger charge is 2.45. The summed E-state index contributed by atoms with van der Waals surface area (Å²) in [6.45, 7) is -0.939. The molecule has 1 aromatic carbocycles. The maximum absolute atomic E-state index is 13.2. The van der Waals surface area contributed by atoms with Gasteiger partial charge in [0.1, 0.15) is 18.2 Å². The summed E-state index contributed by atoms with van der Waals surface area (Å²) in [5.41, 5.74) is -1.05. The van der Waals surface area contributed by atoms with Gasteiger partial charge in [0.25, 0.3) is 6.43 Å². The molecule has 0 radical (unpaired) electrons. The van der Waals surface area contributed by atoms with Crippen LogP contribution in [-0.4, -0.2) is 30.0 Å². The first-order chi connectivity index (χ1) is 10.8. The number of alkyl halides is 2. The number of rotatable bonds is 7. The van der Waals surface area contributed by atoms with E-state index in [2.05, 4.69) is 5.32 Å². The molecule has 1 amide bonds. The van der Waals surface area contributed by atoms with Crippen molar-refractivity contribution in [1.29, 1.82) is 0 Å². The normalized spacial score (nSPS) is 15.8. The number of carboxylic acid groups (broad SMARTS) is 1. The number of nitrogens with one attached hydrogen (secondary N) is 1. The number of amides is 1. The van der Waals surface area contributed by atoms with E-state index in [1.54, 1.807) is 0 Å². The topological polar surface area (TPSA) is 75.6 Å². The van der Waals surface area contributed by atoms with Crippen molar-refractivity contribution in [3.8, 4) is 5.75 Å². The van der Waals surface area contributed by atoms with E-state index in [-0.39, 0.29) is 17.9 Å². The summed E-state index contributed by atoms with van der Waals surface area (Å²) < 4.78 is 42.4. The number of anilines is 1. The lowest BCUT2D eigenvalue weighted by Gasteiger charge is -2.36. The number of carbonyl (C=O) groups is 2. The summed E-state index contributed by atoms with van der Waals surface area (Å²) in [7, 11) is 0. The van der Waals surface area contributed by atoms with Crippen LogP contribution in [0.5, 0.6) is 5.75 Å². The first kappa shape index (κ1) is 17.1. The van der Waals surface area contributed by atoms with Crippen LogP contribution in [0.3, 0.4) is 0 Å². The molecule has 23 heavy (non-hydrogen) atoms. The maximum Gasteiger partial charge on any atom is 0.310 e. The van der Waals surface area contributed by atoms with Gasteiger partial charge in [-0.25, -0.2) is 13.2 Å². The minimum Gasteiger partial charge on any atom is -0.485 e. The standard InChI is InChI=1S/C15H16F3NO4/c16-9-2-3-10(11(6-9)23-8-12(17)18)19-13(20)7-15(14(21)22)4-1-5-15/h2-3,6,12H,1,4-5,7-8H2,(H,19,20)(H,21,22). The molecular weight excluding hydrogens is 315 g/mol. The number of benzene rings is 1. The monoisotopic (exact) mass is 331 g/mol. The van der Waals surface area contributed by atoms with Crippen molar-refractivity contribution in [1.82, 2.24) is 0 Å². The first-order valence-electron chi connectivity index (χ1n) is 7.06. The van der Waals surface area contributed by atoms with Gasteiger partial charge in [0.2, 0.25) is 5.91 Å². The molecule has 0 atom stereocenters. The average molecular weight is 331 g/mol. The molecule has 0 heterocycles. The summed E-state index contributed by atoms with van der Waals surface area (Å²) in [6, 6.07) is 3.11. The summed E-state index contributed by atoms with van der Waals surface area (Å²) in [4.78, 5) is 23.3. The van der Waals surface area contributed by atoms with Crippen molar-refractivity contribution in [3.05, 3.63) is 24.0 Å². The van der Waals surface area contributed by atoms with Gasteiger partial charge in [0.15, 0.2) is 0 Å². The van der Waals surface area contributed by atoms with Crippen LogP contribution < -0.4 is 10.1 Å². The van der Waals surface area contributed by atoms with E-state index in [1.807, 2.05) is 0 Å². The number of ether oxygens (including phenoxy) is 1. The zero-order valence-electron chi connectivity index (χ0n) is 12.2. The van der Waals surface area contributed by atoms with E-state index in [0.29, 0.717) is 12.8 Å². The van der Waals surface area contributed by atoms with Gasteiger partial charge in [-0.15, -0.1) is 0 Å². The smallest absolute Gasteiger partial charge is 0.310 e. The largest absolute Gasteiger partial charge is 0.485 e. The lowest BCUT2D eigenvalue weighted by atomic mass is 9.66. The molecule has 0 bridgehead atoms. The lowest BCUT2D eigenvalue weighted by Crippen LogP contribution is -2.41. The van der Waals surface area contributed by atoms with Crippen LogP contribution in [0.25, 0.3) is 0 Å². The molecule has 0 saturated heterocycles. The van der Waals surface area contributed by atoms with Gasteiger partial charge in [0, 0.05) is 12.5 Å². The number of carboxylic acids is 1. The van der Waals surface area contributed by atoms with Crippen LogP contribution in [0.15, 0.2) is 18.2 Å². The van der Waals surface area contributed by atoms with Crippen molar-refractivity contribution in [2.24, 2.45) is 5.41 Å². The zero-order chi connectivity index (χ0) is 17.0. The third kappa shape index (κ3) is 4.14. The Morgan fingerprint density at radius 1 is 1.35 bits per heavy atom. The SMILES string of the molecule is O=C(CC1(C(=O)O)CCC1)Nc1ccc(F)cc1OCC(F)F. The maximum atomic E-state index is 13.2. The van der Waals surface area contributed by atoms with Crippen LogP contribution in [-0.2, 0) is 9.59 Å².